The highest BCUT2D eigenvalue weighted by atomic mass is 32.1. The normalized spacial score (nSPS) is 17.7. The number of imide groups is 1. The predicted octanol–water partition coefficient (Wildman–Crippen LogP) is 2.51. The van der Waals surface area contributed by atoms with Crippen LogP contribution in [0, 0.1) is 0 Å². The fourth-order valence-corrected chi connectivity index (χ4v) is 4.65. The van der Waals surface area contributed by atoms with Crippen molar-refractivity contribution in [2.75, 3.05) is 44.2 Å². The number of fused-ring (bicyclic) bond motifs is 1. The maximum atomic E-state index is 12.4. The van der Waals surface area contributed by atoms with Gasteiger partial charge in [0.25, 0.3) is 11.8 Å². The Balaban J connectivity index is 1.34. The van der Waals surface area contributed by atoms with Gasteiger partial charge in [-0.2, -0.15) is 0 Å². The molecule has 4 rings (SSSR count). The summed E-state index contributed by atoms with van der Waals surface area (Å²) in [7, 11) is 0. The van der Waals surface area contributed by atoms with Gasteiger partial charge in [0.2, 0.25) is 0 Å². The van der Waals surface area contributed by atoms with Gasteiger partial charge in [-0.3, -0.25) is 19.4 Å². The third kappa shape index (κ3) is 3.61. The molecule has 0 spiro atoms. The third-order valence-corrected chi connectivity index (χ3v) is 6.30. The van der Waals surface area contributed by atoms with E-state index in [2.05, 4.69) is 21.7 Å². The van der Waals surface area contributed by atoms with Gasteiger partial charge >= 0.3 is 0 Å². The lowest BCUT2D eigenvalue weighted by molar-refractivity contribution is 0.0656. The largest absolute Gasteiger partial charge is 0.346 e. The summed E-state index contributed by atoms with van der Waals surface area (Å²) in [6, 6.07) is 7.03. The standard InChI is InChI=1S/C20H24N4O2S/c1-2-8-22-10-12-23(13-11-22)20-21-14-15(27-20)7-9-24-18(25)16-5-3-4-6-17(16)19(24)26/h3-6,14H,2,7-13H2,1H3. The van der Waals surface area contributed by atoms with Crippen molar-refractivity contribution in [3.05, 3.63) is 46.5 Å². The average molecular weight is 385 g/mol. The van der Waals surface area contributed by atoms with Crippen LogP contribution < -0.4 is 4.90 Å². The lowest BCUT2D eigenvalue weighted by Gasteiger charge is -2.34. The zero-order valence-corrected chi connectivity index (χ0v) is 16.4. The van der Waals surface area contributed by atoms with E-state index in [1.807, 2.05) is 6.20 Å². The second-order valence-electron chi connectivity index (χ2n) is 7.00. The summed E-state index contributed by atoms with van der Waals surface area (Å²) < 4.78 is 0. The predicted molar refractivity (Wildman–Crippen MR) is 107 cm³/mol. The molecule has 7 heteroatoms. The first-order valence-corrected chi connectivity index (χ1v) is 10.4. The summed E-state index contributed by atoms with van der Waals surface area (Å²) in [6.07, 6.45) is 3.73. The molecule has 0 atom stereocenters. The minimum atomic E-state index is -0.188. The van der Waals surface area contributed by atoms with Crippen LogP contribution in [0.2, 0.25) is 0 Å². The molecular formula is C20H24N4O2S. The first kappa shape index (κ1) is 18.1. The molecule has 142 valence electrons. The molecule has 6 nitrogen and oxygen atoms in total. The molecule has 2 aliphatic rings. The van der Waals surface area contributed by atoms with Crippen molar-refractivity contribution in [1.29, 1.82) is 0 Å². The van der Waals surface area contributed by atoms with Crippen LogP contribution in [0.25, 0.3) is 0 Å². The van der Waals surface area contributed by atoms with E-state index in [-0.39, 0.29) is 11.8 Å². The van der Waals surface area contributed by atoms with E-state index in [1.54, 1.807) is 35.6 Å². The molecule has 2 amide bonds. The van der Waals surface area contributed by atoms with Crippen LogP contribution in [0.5, 0.6) is 0 Å². The molecule has 0 aliphatic carbocycles. The van der Waals surface area contributed by atoms with E-state index in [9.17, 15) is 9.59 Å². The third-order valence-electron chi connectivity index (χ3n) is 5.18. The molecule has 2 aliphatic heterocycles. The molecule has 3 heterocycles. The molecule has 0 bridgehead atoms. The number of nitrogens with zero attached hydrogens (tertiary/aromatic N) is 4. The summed E-state index contributed by atoms with van der Waals surface area (Å²) in [6.45, 7) is 7.95. The summed E-state index contributed by atoms with van der Waals surface area (Å²) in [5.41, 5.74) is 1.02. The quantitative estimate of drug-likeness (QED) is 0.717. The number of carbonyl (C=O) groups is 2. The monoisotopic (exact) mass is 384 g/mol. The van der Waals surface area contributed by atoms with Gasteiger partial charge in [-0.1, -0.05) is 19.1 Å². The highest BCUT2D eigenvalue weighted by Gasteiger charge is 2.34. The summed E-state index contributed by atoms with van der Waals surface area (Å²) >= 11 is 1.67. The van der Waals surface area contributed by atoms with Crippen LogP contribution in [0.15, 0.2) is 30.5 Å². The molecule has 2 aromatic rings. The molecule has 27 heavy (non-hydrogen) atoms. The lowest BCUT2D eigenvalue weighted by Crippen LogP contribution is -2.46. The summed E-state index contributed by atoms with van der Waals surface area (Å²) in [4.78, 5) is 36.8. The molecule has 0 radical (unpaired) electrons. The van der Waals surface area contributed by atoms with Crippen LogP contribution in [0.1, 0.15) is 38.9 Å². The van der Waals surface area contributed by atoms with Gasteiger partial charge in [0.05, 0.1) is 11.1 Å². The molecule has 1 saturated heterocycles. The van der Waals surface area contributed by atoms with E-state index >= 15 is 0 Å². The molecule has 1 aromatic carbocycles. The number of carbonyl (C=O) groups excluding carboxylic acids is 2. The number of piperazine rings is 1. The van der Waals surface area contributed by atoms with Crippen LogP contribution >= 0.6 is 11.3 Å². The second kappa shape index (κ2) is 7.78. The van der Waals surface area contributed by atoms with Gasteiger partial charge in [-0.25, -0.2) is 4.98 Å². The minimum Gasteiger partial charge on any atom is -0.346 e. The van der Waals surface area contributed by atoms with Gasteiger partial charge in [0, 0.05) is 50.2 Å². The lowest BCUT2D eigenvalue weighted by atomic mass is 10.1. The fourth-order valence-electron chi connectivity index (χ4n) is 3.70. The Labute approximate surface area is 163 Å². The van der Waals surface area contributed by atoms with E-state index in [0.29, 0.717) is 24.1 Å². The Morgan fingerprint density at radius 1 is 1.00 bits per heavy atom. The van der Waals surface area contributed by atoms with E-state index < -0.39 is 0 Å². The maximum Gasteiger partial charge on any atom is 0.261 e. The molecule has 0 unspecified atom stereocenters. The van der Waals surface area contributed by atoms with Crippen molar-refractivity contribution in [2.24, 2.45) is 0 Å². The first-order valence-electron chi connectivity index (χ1n) is 9.54. The molecule has 0 saturated carbocycles. The van der Waals surface area contributed by atoms with Crippen molar-refractivity contribution in [1.82, 2.24) is 14.8 Å². The molecule has 1 fully saturated rings. The van der Waals surface area contributed by atoms with Gasteiger partial charge in [0.15, 0.2) is 5.13 Å². The minimum absolute atomic E-state index is 0.188. The van der Waals surface area contributed by atoms with Crippen LogP contribution in [-0.4, -0.2) is 65.9 Å². The zero-order valence-electron chi connectivity index (χ0n) is 15.6. The van der Waals surface area contributed by atoms with Gasteiger partial charge < -0.3 is 4.90 Å². The molecule has 0 N–H and O–H groups in total. The van der Waals surface area contributed by atoms with Crippen molar-refractivity contribution < 1.29 is 9.59 Å². The van der Waals surface area contributed by atoms with Gasteiger partial charge in [-0.05, 0) is 25.1 Å². The number of rotatable bonds is 6. The molecule has 1 aromatic heterocycles. The summed E-state index contributed by atoms with van der Waals surface area (Å²) in [5.74, 6) is -0.375. The van der Waals surface area contributed by atoms with Gasteiger partial charge in [-0.15, -0.1) is 11.3 Å². The Bertz CT molecular complexity index is 807. The van der Waals surface area contributed by atoms with Crippen LogP contribution in [0.3, 0.4) is 0 Å². The van der Waals surface area contributed by atoms with Gasteiger partial charge in [0.1, 0.15) is 0 Å². The Morgan fingerprint density at radius 2 is 1.67 bits per heavy atom. The number of thiazole rings is 1. The van der Waals surface area contributed by atoms with Crippen molar-refractivity contribution in [3.8, 4) is 0 Å². The van der Waals surface area contributed by atoms with Crippen LogP contribution in [-0.2, 0) is 6.42 Å². The number of amides is 2. The number of hydrogen-bond donors (Lipinski definition) is 0. The topological polar surface area (TPSA) is 56.8 Å². The highest BCUT2D eigenvalue weighted by molar-refractivity contribution is 7.15. The zero-order chi connectivity index (χ0) is 18.8. The Hall–Kier alpha value is -2.25. The SMILES string of the molecule is CCCN1CCN(c2ncc(CCN3C(=O)c4ccccc4C3=O)s2)CC1. The van der Waals surface area contributed by atoms with E-state index in [0.717, 1.165) is 42.7 Å². The first-order chi connectivity index (χ1) is 13.2. The fraction of sp³-hybridized carbons (Fsp3) is 0.450. The van der Waals surface area contributed by atoms with Crippen molar-refractivity contribution in [2.45, 2.75) is 19.8 Å². The second-order valence-corrected chi connectivity index (χ2v) is 8.09. The maximum absolute atomic E-state index is 12.4. The van der Waals surface area contributed by atoms with Crippen LogP contribution in [0.4, 0.5) is 5.13 Å². The van der Waals surface area contributed by atoms with Crippen molar-refractivity contribution >= 4 is 28.3 Å². The number of benzene rings is 1. The van der Waals surface area contributed by atoms with Crippen molar-refractivity contribution in [3.63, 3.8) is 0 Å². The average Bonchev–Trinajstić information content (AvgIpc) is 3.26. The smallest absolute Gasteiger partial charge is 0.261 e. The van der Waals surface area contributed by atoms with E-state index in [4.69, 9.17) is 0 Å². The van der Waals surface area contributed by atoms with E-state index in [1.165, 1.54) is 11.3 Å². The highest BCUT2D eigenvalue weighted by Crippen LogP contribution is 2.26. The number of aromatic nitrogens is 1. The molecular weight excluding hydrogens is 360 g/mol. The summed E-state index contributed by atoms with van der Waals surface area (Å²) in [5, 5.41) is 1.04. The Kier molecular flexibility index (Phi) is 5.22. The Morgan fingerprint density at radius 3 is 2.30 bits per heavy atom. The number of anilines is 1. The number of hydrogen-bond acceptors (Lipinski definition) is 6.